The highest BCUT2D eigenvalue weighted by atomic mass is 32.2. The van der Waals surface area contributed by atoms with Crippen molar-refractivity contribution in [1.29, 1.82) is 0 Å². The lowest BCUT2D eigenvalue weighted by Crippen LogP contribution is -2.40. The zero-order valence-electron chi connectivity index (χ0n) is 20.6. The zero-order valence-corrected chi connectivity index (χ0v) is 22.2. The SMILES string of the molecule is Cc1ccc2nc(N3CCCCC3C)c(C=C3SC(=S)N(Cc4ccc5c(c4)OCO5)C3=O)c(=O)n2c1. The number of carbonyl (C=O) groups is 1. The molecule has 2 fully saturated rings. The summed E-state index contributed by atoms with van der Waals surface area (Å²) >= 11 is 6.79. The van der Waals surface area contributed by atoms with Crippen molar-refractivity contribution in [2.75, 3.05) is 18.2 Å². The van der Waals surface area contributed by atoms with Gasteiger partial charge >= 0.3 is 0 Å². The molecule has 0 saturated carbocycles. The minimum absolute atomic E-state index is 0.190. The zero-order chi connectivity index (χ0) is 25.7. The van der Waals surface area contributed by atoms with Crippen LogP contribution in [0.5, 0.6) is 11.5 Å². The molecular formula is C27H26N4O4S2. The van der Waals surface area contributed by atoms with Crippen molar-refractivity contribution < 1.29 is 14.3 Å². The Morgan fingerprint density at radius 1 is 1.16 bits per heavy atom. The molecule has 190 valence electrons. The summed E-state index contributed by atoms with van der Waals surface area (Å²) in [7, 11) is 0. The predicted octanol–water partition coefficient (Wildman–Crippen LogP) is 4.51. The summed E-state index contributed by atoms with van der Waals surface area (Å²) < 4.78 is 12.9. The van der Waals surface area contributed by atoms with Crippen LogP contribution in [0.15, 0.2) is 46.2 Å². The van der Waals surface area contributed by atoms with E-state index >= 15 is 0 Å². The van der Waals surface area contributed by atoms with E-state index in [1.54, 1.807) is 21.6 Å². The molecule has 3 aromatic rings. The summed E-state index contributed by atoms with van der Waals surface area (Å²) in [4.78, 5) is 36.3. The van der Waals surface area contributed by atoms with Crippen LogP contribution in [-0.4, -0.2) is 43.9 Å². The molecule has 0 bridgehead atoms. The first-order chi connectivity index (χ1) is 17.9. The van der Waals surface area contributed by atoms with E-state index in [0.29, 0.717) is 44.3 Å². The van der Waals surface area contributed by atoms with Gasteiger partial charge in [0.05, 0.1) is 17.0 Å². The van der Waals surface area contributed by atoms with E-state index in [1.807, 2.05) is 37.3 Å². The number of pyridine rings is 1. The largest absolute Gasteiger partial charge is 0.454 e. The Morgan fingerprint density at radius 3 is 2.84 bits per heavy atom. The third-order valence-electron chi connectivity index (χ3n) is 6.99. The first-order valence-corrected chi connectivity index (χ1v) is 13.5. The normalized spacial score (nSPS) is 20.5. The fourth-order valence-corrected chi connectivity index (χ4v) is 6.23. The second kappa shape index (κ2) is 9.50. The molecule has 0 N–H and O–H groups in total. The smallest absolute Gasteiger partial charge is 0.267 e. The van der Waals surface area contributed by atoms with Crippen molar-refractivity contribution in [3.8, 4) is 11.5 Å². The number of piperidine rings is 1. The minimum Gasteiger partial charge on any atom is -0.454 e. The molecule has 1 unspecified atom stereocenters. The molecule has 1 atom stereocenters. The molecule has 3 aliphatic heterocycles. The first kappa shape index (κ1) is 24.0. The average molecular weight is 535 g/mol. The quantitative estimate of drug-likeness (QED) is 0.358. The van der Waals surface area contributed by atoms with Crippen LogP contribution in [0.4, 0.5) is 5.82 Å². The lowest BCUT2D eigenvalue weighted by Gasteiger charge is -2.35. The van der Waals surface area contributed by atoms with Gasteiger partial charge in [-0.25, -0.2) is 4.98 Å². The Kier molecular flexibility index (Phi) is 6.16. The van der Waals surface area contributed by atoms with Crippen LogP contribution in [-0.2, 0) is 11.3 Å². The monoisotopic (exact) mass is 534 g/mol. The molecule has 1 amide bonds. The fourth-order valence-electron chi connectivity index (χ4n) is 4.99. The molecule has 37 heavy (non-hydrogen) atoms. The number of rotatable bonds is 4. The Bertz CT molecular complexity index is 1530. The van der Waals surface area contributed by atoms with E-state index in [0.717, 1.165) is 36.9 Å². The molecule has 0 aliphatic carbocycles. The number of thiocarbonyl (C=S) groups is 1. The highest BCUT2D eigenvalue weighted by Gasteiger charge is 2.34. The van der Waals surface area contributed by atoms with E-state index in [9.17, 15) is 9.59 Å². The van der Waals surface area contributed by atoms with E-state index in [-0.39, 0.29) is 24.3 Å². The van der Waals surface area contributed by atoms with Crippen molar-refractivity contribution >= 4 is 51.7 Å². The molecule has 10 heteroatoms. The molecular weight excluding hydrogens is 508 g/mol. The van der Waals surface area contributed by atoms with Gasteiger partial charge in [0.1, 0.15) is 15.8 Å². The van der Waals surface area contributed by atoms with Gasteiger partial charge < -0.3 is 14.4 Å². The van der Waals surface area contributed by atoms with Crippen LogP contribution in [0, 0.1) is 6.92 Å². The third-order valence-corrected chi connectivity index (χ3v) is 8.36. The highest BCUT2D eigenvalue weighted by molar-refractivity contribution is 8.26. The standard InChI is InChI=1S/C27H26N4O4S2/c1-16-6-9-23-28-24(29-10-4-3-5-17(29)2)19(25(32)30(23)13-16)12-22-26(33)31(27(36)37-22)14-18-7-8-20-21(11-18)35-15-34-20/h6-9,11-13,17H,3-5,10,14-15H2,1-2H3. The highest BCUT2D eigenvalue weighted by Crippen LogP contribution is 2.37. The molecule has 5 heterocycles. The second-order valence-corrected chi connectivity index (χ2v) is 11.3. The lowest BCUT2D eigenvalue weighted by molar-refractivity contribution is -0.122. The van der Waals surface area contributed by atoms with E-state index in [4.69, 9.17) is 26.7 Å². The number of carbonyl (C=O) groups excluding carboxylic acids is 1. The number of hydrogen-bond acceptors (Lipinski definition) is 8. The van der Waals surface area contributed by atoms with Crippen LogP contribution in [0.3, 0.4) is 0 Å². The Labute approximate surface area is 223 Å². The number of hydrogen-bond donors (Lipinski definition) is 0. The number of nitrogens with zero attached hydrogens (tertiary/aromatic N) is 4. The van der Waals surface area contributed by atoms with Gasteiger partial charge in [-0.3, -0.25) is 18.9 Å². The number of aryl methyl sites for hydroxylation is 1. The minimum atomic E-state index is -0.223. The van der Waals surface area contributed by atoms with E-state index < -0.39 is 0 Å². The van der Waals surface area contributed by atoms with Crippen molar-refractivity contribution in [2.45, 2.75) is 45.7 Å². The van der Waals surface area contributed by atoms with Gasteiger partial charge in [0.15, 0.2) is 11.5 Å². The molecule has 6 rings (SSSR count). The maximum absolute atomic E-state index is 13.8. The molecule has 0 spiro atoms. The number of anilines is 1. The molecule has 1 aromatic carbocycles. The maximum atomic E-state index is 13.8. The molecule has 0 radical (unpaired) electrons. The van der Waals surface area contributed by atoms with Crippen molar-refractivity contribution in [3.05, 3.63) is 68.5 Å². The summed E-state index contributed by atoms with van der Waals surface area (Å²) in [5, 5.41) is 0. The number of ether oxygens (including phenoxy) is 2. The Morgan fingerprint density at radius 2 is 2.00 bits per heavy atom. The van der Waals surface area contributed by atoms with Gasteiger partial charge in [-0.2, -0.15) is 0 Å². The van der Waals surface area contributed by atoms with Gasteiger partial charge in [-0.15, -0.1) is 0 Å². The summed E-state index contributed by atoms with van der Waals surface area (Å²) in [6.07, 6.45) is 6.69. The number of thioether (sulfide) groups is 1. The molecule has 3 aliphatic rings. The van der Waals surface area contributed by atoms with Crippen molar-refractivity contribution in [1.82, 2.24) is 14.3 Å². The van der Waals surface area contributed by atoms with Gasteiger partial charge in [0.2, 0.25) is 6.79 Å². The first-order valence-electron chi connectivity index (χ1n) is 12.3. The number of fused-ring (bicyclic) bond motifs is 2. The molecule has 2 saturated heterocycles. The summed E-state index contributed by atoms with van der Waals surface area (Å²) in [6.45, 7) is 5.42. The third kappa shape index (κ3) is 4.38. The van der Waals surface area contributed by atoms with Gasteiger partial charge in [-0.1, -0.05) is 36.1 Å². The van der Waals surface area contributed by atoms with Crippen LogP contribution in [0.2, 0.25) is 0 Å². The van der Waals surface area contributed by atoms with Crippen molar-refractivity contribution in [3.63, 3.8) is 0 Å². The van der Waals surface area contributed by atoms with Crippen molar-refractivity contribution in [2.24, 2.45) is 0 Å². The average Bonchev–Trinajstić information content (AvgIpc) is 3.46. The van der Waals surface area contributed by atoms with Gasteiger partial charge in [-0.05, 0) is 68.5 Å². The van der Waals surface area contributed by atoms with Crippen LogP contribution >= 0.6 is 24.0 Å². The van der Waals surface area contributed by atoms with Crippen LogP contribution in [0.25, 0.3) is 11.7 Å². The van der Waals surface area contributed by atoms with Gasteiger partial charge in [0, 0.05) is 18.8 Å². The lowest BCUT2D eigenvalue weighted by atomic mass is 10.0. The topological polar surface area (TPSA) is 76.4 Å². The van der Waals surface area contributed by atoms with Gasteiger partial charge in [0.25, 0.3) is 11.5 Å². The van der Waals surface area contributed by atoms with Crippen LogP contribution in [0.1, 0.15) is 42.9 Å². The Balaban J connectivity index is 1.39. The number of aromatic nitrogens is 2. The summed E-state index contributed by atoms with van der Waals surface area (Å²) in [5.41, 5.74) is 2.66. The van der Waals surface area contributed by atoms with E-state index in [2.05, 4.69) is 11.8 Å². The molecule has 2 aromatic heterocycles. The summed E-state index contributed by atoms with van der Waals surface area (Å²) in [6, 6.07) is 9.66. The number of benzene rings is 1. The molecule has 8 nitrogen and oxygen atoms in total. The Hall–Kier alpha value is -3.37. The maximum Gasteiger partial charge on any atom is 0.267 e. The number of amides is 1. The summed E-state index contributed by atoms with van der Waals surface area (Å²) in [5.74, 6) is 1.75. The fraction of sp³-hybridized carbons (Fsp3) is 0.333. The second-order valence-electron chi connectivity index (χ2n) is 9.58. The van der Waals surface area contributed by atoms with Crippen LogP contribution < -0.4 is 19.9 Å². The predicted molar refractivity (Wildman–Crippen MR) is 148 cm³/mol. The van der Waals surface area contributed by atoms with E-state index in [1.165, 1.54) is 11.8 Å².